The van der Waals surface area contributed by atoms with Crippen molar-refractivity contribution in [1.29, 1.82) is 0 Å². The van der Waals surface area contributed by atoms with Crippen molar-refractivity contribution < 1.29 is 23.8 Å². The number of nitrogens with two attached hydrogens (primary N) is 1. The van der Waals surface area contributed by atoms with Gasteiger partial charge in [-0.3, -0.25) is 4.79 Å². The number of carbonyl (C=O) groups excluding carboxylic acids is 2. The van der Waals surface area contributed by atoms with E-state index in [9.17, 15) is 9.59 Å². The number of alkyl carbamates (subject to hydrolysis) is 1. The molecule has 2 aromatic heterocycles. The average Bonchev–Trinajstić information content (AvgIpc) is 3.61. The molecule has 10 nitrogen and oxygen atoms in total. The monoisotopic (exact) mass is 579 g/mol. The lowest BCUT2D eigenvalue weighted by atomic mass is 9.82. The van der Waals surface area contributed by atoms with Gasteiger partial charge in [0, 0.05) is 47.9 Å². The van der Waals surface area contributed by atoms with E-state index in [4.69, 9.17) is 19.9 Å². The molecule has 0 saturated carbocycles. The Hall–Kier alpha value is -3.57. The van der Waals surface area contributed by atoms with Crippen LogP contribution in [0.3, 0.4) is 0 Å². The van der Waals surface area contributed by atoms with E-state index in [-0.39, 0.29) is 23.4 Å². The molecule has 11 heteroatoms. The Morgan fingerprint density at radius 1 is 1.22 bits per heavy atom. The van der Waals surface area contributed by atoms with E-state index < -0.39 is 11.7 Å². The topological polar surface area (TPSA) is 128 Å². The SMILES string of the molecule is Cc1ccc2c(N)c(C(=O)N[C@H]3COc4cc(N5C[C@@H](NC(=O)OC(C)(C)C)[C@@]6(CCOC6)C5)ccc4C3)sc2n1. The highest BCUT2D eigenvalue weighted by molar-refractivity contribution is 7.21. The first-order chi connectivity index (χ1) is 19.5. The van der Waals surface area contributed by atoms with Crippen molar-refractivity contribution in [3.8, 4) is 5.75 Å². The third-order valence-corrected chi connectivity index (χ3v) is 9.18. The summed E-state index contributed by atoms with van der Waals surface area (Å²) in [4.78, 5) is 33.8. The van der Waals surface area contributed by atoms with E-state index in [0.29, 0.717) is 43.4 Å². The fraction of sp³-hybridized carbons (Fsp3) is 0.500. The number of anilines is 2. The number of nitrogens with zero attached hydrogens (tertiary/aromatic N) is 2. The van der Waals surface area contributed by atoms with Gasteiger partial charge in [0.05, 0.1) is 24.4 Å². The maximum absolute atomic E-state index is 13.1. The van der Waals surface area contributed by atoms with Crippen LogP contribution in [0.15, 0.2) is 30.3 Å². The van der Waals surface area contributed by atoms with Gasteiger partial charge in [0.15, 0.2) is 0 Å². The Bertz CT molecular complexity index is 1490. The molecule has 2 fully saturated rings. The summed E-state index contributed by atoms with van der Waals surface area (Å²) in [6.07, 6.45) is 1.14. The molecule has 1 aromatic carbocycles. The number of aromatic nitrogens is 1. The Labute approximate surface area is 243 Å². The first-order valence-electron chi connectivity index (χ1n) is 14.0. The summed E-state index contributed by atoms with van der Waals surface area (Å²) < 4.78 is 17.5. The predicted molar refractivity (Wildman–Crippen MR) is 159 cm³/mol. The third kappa shape index (κ3) is 5.52. The first kappa shape index (κ1) is 27.6. The van der Waals surface area contributed by atoms with E-state index in [0.717, 1.165) is 45.9 Å². The van der Waals surface area contributed by atoms with Crippen molar-refractivity contribution in [3.05, 3.63) is 46.5 Å². The molecule has 3 aromatic rings. The molecule has 41 heavy (non-hydrogen) atoms. The van der Waals surface area contributed by atoms with Gasteiger partial charge in [0.25, 0.3) is 5.91 Å². The predicted octanol–water partition coefficient (Wildman–Crippen LogP) is 4.04. The molecule has 0 aliphatic carbocycles. The summed E-state index contributed by atoms with van der Waals surface area (Å²) >= 11 is 1.31. The zero-order valence-electron chi connectivity index (χ0n) is 23.9. The molecule has 0 unspecified atom stereocenters. The number of aryl methyl sites for hydroxylation is 1. The van der Waals surface area contributed by atoms with Crippen LogP contribution in [0.5, 0.6) is 5.75 Å². The normalized spacial score (nSPS) is 23.9. The Kier molecular flexibility index (Phi) is 6.97. The second-order valence-electron chi connectivity index (χ2n) is 12.4. The zero-order valence-corrected chi connectivity index (χ0v) is 24.7. The molecule has 218 valence electrons. The Balaban J connectivity index is 1.13. The maximum Gasteiger partial charge on any atom is 0.407 e. The van der Waals surface area contributed by atoms with Gasteiger partial charge in [0.2, 0.25) is 0 Å². The van der Waals surface area contributed by atoms with E-state index in [1.54, 1.807) is 0 Å². The number of benzene rings is 1. The zero-order chi connectivity index (χ0) is 28.9. The minimum atomic E-state index is -0.560. The van der Waals surface area contributed by atoms with Crippen LogP contribution >= 0.6 is 11.3 Å². The molecule has 0 bridgehead atoms. The van der Waals surface area contributed by atoms with Gasteiger partial charge >= 0.3 is 6.09 Å². The summed E-state index contributed by atoms with van der Waals surface area (Å²) in [6, 6.07) is 9.76. The second kappa shape index (κ2) is 10.4. The van der Waals surface area contributed by atoms with E-state index in [2.05, 4.69) is 38.7 Å². The van der Waals surface area contributed by atoms with Crippen molar-refractivity contribution in [3.63, 3.8) is 0 Å². The van der Waals surface area contributed by atoms with Crippen molar-refractivity contribution in [2.75, 3.05) is 43.5 Å². The largest absolute Gasteiger partial charge is 0.491 e. The molecule has 6 rings (SSSR count). The number of hydrogen-bond acceptors (Lipinski definition) is 9. The van der Waals surface area contributed by atoms with E-state index in [1.807, 2.05) is 39.8 Å². The Morgan fingerprint density at radius 3 is 2.80 bits per heavy atom. The second-order valence-corrected chi connectivity index (χ2v) is 13.4. The molecule has 5 heterocycles. The number of nitrogen functional groups attached to an aromatic ring is 1. The number of fused-ring (bicyclic) bond motifs is 2. The van der Waals surface area contributed by atoms with Gasteiger partial charge in [-0.25, -0.2) is 9.78 Å². The number of hydrogen-bond donors (Lipinski definition) is 3. The van der Waals surface area contributed by atoms with Crippen LogP contribution in [0.2, 0.25) is 0 Å². The van der Waals surface area contributed by atoms with Crippen molar-refractivity contribution in [2.24, 2.45) is 5.41 Å². The van der Waals surface area contributed by atoms with E-state index in [1.165, 1.54) is 11.3 Å². The van der Waals surface area contributed by atoms with Gasteiger partial charge in [-0.05, 0) is 64.3 Å². The van der Waals surface area contributed by atoms with Crippen molar-refractivity contribution >= 4 is 44.9 Å². The summed E-state index contributed by atoms with van der Waals surface area (Å²) in [5.41, 5.74) is 8.99. The highest BCUT2D eigenvalue weighted by Gasteiger charge is 2.50. The van der Waals surface area contributed by atoms with Gasteiger partial charge in [-0.2, -0.15) is 0 Å². The molecule has 4 N–H and O–H groups in total. The van der Waals surface area contributed by atoms with Crippen LogP contribution in [0.4, 0.5) is 16.2 Å². The number of nitrogens with one attached hydrogen (secondary N) is 2. The highest BCUT2D eigenvalue weighted by atomic mass is 32.1. The van der Waals surface area contributed by atoms with Gasteiger partial charge < -0.3 is 35.5 Å². The summed E-state index contributed by atoms with van der Waals surface area (Å²) in [5.74, 6) is 0.607. The Morgan fingerprint density at radius 2 is 2.05 bits per heavy atom. The quantitative estimate of drug-likeness (QED) is 0.423. The molecule has 1 spiro atoms. The lowest BCUT2D eigenvalue weighted by Gasteiger charge is -2.30. The van der Waals surface area contributed by atoms with E-state index >= 15 is 0 Å². The summed E-state index contributed by atoms with van der Waals surface area (Å²) in [7, 11) is 0. The number of ether oxygens (including phenoxy) is 3. The van der Waals surface area contributed by atoms with Crippen LogP contribution in [-0.4, -0.2) is 67.6 Å². The highest BCUT2D eigenvalue weighted by Crippen LogP contribution is 2.42. The van der Waals surface area contributed by atoms with Crippen LogP contribution in [-0.2, 0) is 15.9 Å². The molecular formula is C30H37N5O5S. The number of pyridine rings is 1. The number of carbonyl (C=O) groups is 2. The molecule has 3 aliphatic rings. The minimum absolute atomic E-state index is 0.0863. The number of amides is 2. The lowest BCUT2D eigenvalue weighted by molar-refractivity contribution is 0.0461. The molecule has 3 aliphatic heterocycles. The fourth-order valence-corrected chi connectivity index (χ4v) is 7.04. The van der Waals surface area contributed by atoms with Crippen LogP contribution in [0.1, 0.15) is 48.1 Å². The van der Waals surface area contributed by atoms with Gasteiger partial charge in [0.1, 0.15) is 27.7 Å². The molecular weight excluding hydrogens is 542 g/mol. The summed E-state index contributed by atoms with van der Waals surface area (Å²) in [6.45, 7) is 10.6. The standard InChI is InChI=1S/C30H37N5O5S/c1-17-5-8-21-24(31)25(41-27(21)32-17)26(36)33-19-11-18-6-7-20(12-22(18)39-14-19)35-13-23(30(15-35)9-10-38-16-30)34-28(37)40-29(2,3)4/h5-8,12,19,23H,9-11,13-16,31H2,1-4H3,(H,33,36)(H,34,37)/t19-,23-,30+/m1/s1. The van der Waals surface area contributed by atoms with Crippen molar-refractivity contribution in [1.82, 2.24) is 15.6 Å². The van der Waals surface area contributed by atoms with Gasteiger partial charge in [-0.1, -0.05) is 6.07 Å². The number of thiophene rings is 1. The fourth-order valence-electron chi connectivity index (χ4n) is 6.00. The van der Waals surface area contributed by atoms with Crippen LogP contribution in [0, 0.1) is 12.3 Å². The lowest BCUT2D eigenvalue weighted by Crippen LogP contribution is -2.49. The van der Waals surface area contributed by atoms with Crippen LogP contribution < -0.4 is 26.0 Å². The minimum Gasteiger partial charge on any atom is -0.491 e. The third-order valence-electron chi connectivity index (χ3n) is 8.07. The smallest absolute Gasteiger partial charge is 0.407 e. The molecule has 3 atom stereocenters. The van der Waals surface area contributed by atoms with Crippen molar-refractivity contribution in [2.45, 2.75) is 58.2 Å². The first-order valence-corrected chi connectivity index (χ1v) is 14.9. The van der Waals surface area contributed by atoms with Crippen LogP contribution in [0.25, 0.3) is 10.2 Å². The molecule has 0 radical (unpaired) electrons. The molecule has 2 saturated heterocycles. The average molecular weight is 580 g/mol. The number of rotatable bonds is 4. The maximum atomic E-state index is 13.1. The summed E-state index contributed by atoms with van der Waals surface area (Å²) in [5, 5.41) is 7.02. The molecule has 2 amide bonds. The van der Waals surface area contributed by atoms with Gasteiger partial charge in [-0.15, -0.1) is 11.3 Å².